The molecule has 1 rings (SSSR count). The van der Waals surface area contributed by atoms with Crippen molar-refractivity contribution in [2.24, 2.45) is 11.7 Å². The lowest BCUT2D eigenvalue weighted by Crippen LogP contribution is -2.45. The summed E-state index contributed by atoms with van der Waals surface area (Å²) in [4.78, 5) is 34.4. The van der Waals surface area contributed by atoms with Gasteiger partial charge < -0.3 is 10.5 Å². The molecule has 6 nitrogen and oxygen atoms in total. The molecule has 0 saturated carbocycles. The van der Waals surface area contributed by atoms with Gasteiger partial charge in [0, 0.05) is 0 Å². The van der Waals surface area contributed by atoms with E-state index in [0.717, 1.165) is 0 Å². The number of rotatable bonds is 5. The summed E-state index contributed by atoms with van der Waals surface area (Å²) in [6, 6.07) is 3.73. The van der Waals surface area contributed by atoms with Gasteiger partial charge in [0.1, 0.15) is 0 Å². The molecule has 1 aromatic carbocycles. The van der Waals surface area contributed by atoms with Crippen molar-refractivity contribution in [1.82, 2.24) is 5.32 Å². The highest BCUT2D eigenvalue weighted by atomic mass is 35.5. The second-order valence-corrected chi connectivity index (χ2v) is 5.75. The van der Waals surface area contributed by atoms with Gasteiger partial charge in [-0.3, -0.25) is 14.9 Å². The Hall–Kier alpha value is -1.79. The maximum absolute atomic E-state index is 11.9. The van der Waals surface area contributed by atoms with E-state index in [9.17, 15) is 14.4 Å². The molecule has 120 valence electrons. The summed E-state index contributed by atoms with van der Waals surface area (Å²) in [5.41, 5.74) is 5.47. The molecule has 3 N–H and O–H groups in total. The normalized spacial score (nSPS) is 11.9. The first-order chi connectivity index (χ1) is 10.2. The standard InChI is InChI=1S/C14H16Cl2N2O4/c1-7(2)12(13(20)18-14(17)21)22-11(19)6-8-3-4-9(15)10(16)5-8/h3-5,7,12H,6H2,1-2H3,(H3,17,18,20,21)/t12-/m0/s1. The van der Waals surface area contributed by atoms with Gasteiger partial charge in [0.25, 0.3) is 5.91 Å². The number of amides is 3. The SMILES string of the molecule is CC(C)[C@H](OC(=O)Cc1ccc(Cl)c(Cl)c1)C(=O)NC(N)=O. The first kappa shape index (κ1) is 18.3. The summed E-state index contributed by atoms with van der Waals surface area (Å²) in [7, 11) is 0. The number of hydrogen-bond acceptors (Lipinski definition) is 4. The lowest BCUT2D eigenvalue weighted by atomic mass is 10.1. The average molecular weight is 347 g/mol. The number of esters is 1. The van der Waals surface area contributed by atoms with E-state index < -0.39 is 24.0 Å². The number of nitrogens with one attached hydrogen (secondary N) is 1. The number of nitrogens with two attached hydrogens (primary N) is 1. The summed E-state index contributed by atoms with van der Waals surface area (Å²) in [5, 5.41) is 2.59. The summed E-state index contributed by atoms with van der Waals surface area (Å²) >= 11 is 11.6. The Bertz CT molecular complexity index is 590. The Balaban J connectivity index is 2.73. The molecule has 0 aliphatic carbocycles. The van der Waals surface area contributed by atoms with Crippen LogP contribution in [-0.4, -0.2) is 24.0 Å². The van der Waals surface area contributed by atoms with E-state index >= 15 is 0 Å². The lowest BCUT2D eigenvalue weighted by molar-refractivity contribution is -0.157. The Morgan fingerprint density at radius 2 is 1.86 bits per heavy atom. The van der Waals surface area contributed by atoms with Crippen LogP contribution in [0.15, 0.2) is 18.2 Å². The Labute approximate surface area is 137 Å². The fourth-order valence-corrected chi connectivity index (χ4v) is 2.01. The fourth-order valence-electron chi connectivity index (χ4n) is 1.68. The number of benzene rings is 1. The highest BCUT2D eigenvalue weighted by molar-refractivity contribution is 6.42. The Morgan fingerprint density at radius 3 is 2.36 bits per heavy atom. The molecule has 22 heavy (non-hydrogen) atoms. The van der Waals surface area contributed by atoms with Gasteiger partial charge in [-0.2, -0.15) is 0 Å². The van der Waals surface area contributed by atoms with E-state index in [4.69, 9.17) is 33.7 Å². The van der Waals surface area contributed by atoms with Gasteiger partial charge in [0.15, 0.2) is 6.10 Å². The molecule has 0 fully saturated rings. The van der Waals surface area contributed by atoms with Gasteiger partial charge in [-0.05, 0) is 23.6 Å². The van der Waals surface area contributed by atoms with Gasteiger partial charge in [0.05, 0.1) is 16.5 Å². The van der Waals surface area contributed by atoms with Crippen LogP contribution in [0.25, 0.3) is 0 Å². The van der Waals surface area contributed by atoms with Crippen LogP contribution in [0, 0.1) is 5.92 Å². The van der Waals surface area contributed by atoms with E-state index in [0.29, 0.717) is 15.6 Å². The van der Waals surface area contributed by atoms with Gasteiger partial charge in [-0.15, -0.1) is 0 Å². The quantitative estimate of drug-likeness (QED) is 0.799. The van der Waals surface area contributed by atoms with Crippen LogP contribution in [0.1, 0.15) is 19.4 Å². The Morgan fingerprint density at radius 1 is 1.23 bits per heavy atom. The van der Waals surface area contributed by atoms with Crippen molar-refractivity contribution < 1.29 is 19.1 Å². The number of urea groups is 1. The first-order valence-electron chi connectivity index (χ1n) is 6.44. The molecule has 0 saturated heterocycles. The zero-order valence-corrected chi connectivity index (χ0v) is 13.6. The summed E-state index contributed by atoms with van der Waals surface area (Å²) in [5.74, 6) is -1.71. The highest BCUT2D eigenvalue weighted by Crippen LogP contribution is 2.23. The number of halogens is 2. The third-order valence-electron chi connectivity index (χ3n) is 2.70. The topological polar surface area (TPSA) is 98.5 Å². The van der Waals surface area contributed by atoms with Crippen LogP contribution < -0.4 is 11.1 Å². The van der Waals surface area contributed by atoms with Gasteiger partial charge in [0.2, 0.25) is 0 Å². The minimum Gasteiger partial charge on any atom is -0.452 e. The molecular formula is C14H16Cl2N2O4. The monoisotopic (exact) mass is 346 g/mol. The van der Waals surface area contributed by atoms with Gasteiger partial charge >= 0.3 is 12.0 Å². The number of ether oxygens (including phenoxy) is 1. The van der Waals surface area contributed by atoms with Crippen molar-refractivity contribution in [2.45, 2.75) is 26.4 Å². The van der Waals surface area contributed by atoms with Crippen molar-refractivity contribution in [1.29, 1.82) is 0 Å². The molecule has 3 amide bonds. The van der Waals surface area contributed by atoms with Gasteiger partial charge in [-0.25, -0.2) is 4.79 Å². The summed E-state index contributed by atoms with van der Waals surface area (Å²) < 4.78 is 5.11. The minimum absolute atomic E-state index is 0.0794. The third-order valence-corrected chi connectivity index (χ3v) is 3.44. The maximum Gasteiger partial charge on any atom is 0.318 e. The van der Waals surface area contributed by atoms with E-state index in [2.05, 4.69) is 0 Å². The smallest absolute Gasteiger partial charge is 0.318 e. The zero-order chi connectivity index (χ0) is 16.9. The molecular weight excluding hydrogens is 331 g/mol. The third kappa shape index (κ3) is 5.54. The van der Waals surface area contributed by atoms with Crippen molar-refractivity contribution in [2.75, 3.05) is 0 Å². The number of imide groups is 1. The molecule has 0 aliphatic rings. The van der Waals surface area contributed by atoms with Crippen LogP contribution in [0.2, 0.25) is 10.0 Å². The van der Waals surface area contributed by atoms with Crippen molar-refractivity contribution in [3.63, 3.8) is 0 Å². The predicted octanol–water partition coefficient (Wildman–Crippen LogP) is 2.30. The van der Waals surface area contributed by atoms with E-state index in [1.807, 2.05) is 5.32 Å². The first-order valence-corrected chi connectivity index (χ1v) is 7.20. The molecule has 1 atom stereocenters. The molecule has 0 aliphatic heterocycles. The van der Waals surface area contributed by atoms with Crippen LogP contribution in [-0.2, 0) is 20.7 Å². The van der Waals surface area contributed by atoms with Crippen LogP contribution >= 0.6 is 23.2 Å². The molecule has 0 bridgehead atoms. The molecule has 0 spiro atoms. The molecule has 8 heteroatoms. The second kappa shape index (κ2) is 8.00. The fraction of sp³-hybridized carbons (Fsp3) is 0.357. The molecule has 0 heterocycles. The van der Waals surface area contributed by atoms with E-state index in [-0.39, 0.29) is 12.3 Å². The predicted molar refractivity (Wildman–Crippen MR) is 82.6 cm³/mol. The largest absolute Gasteiger partial charge is 0.452 e. The second-order valence-electron chi connectivity index (χ2n) is 4.93. The molecule has 1 aromatic rings. The minimum atomic E-state index is -1.11. The Kier molecular flexibility index (Phi) is 6.64. The van der Waals surface area contributed by atoms with E-state index in [1.54, 1.807) is 32.0 Å². The average Bonchev–Trinajstić information content (AvgIpc) is 2.39. The summed E-state index contributed by atoms with van der Waals surface area (Å²) in [6.07, 6.45) is -1.19. The number of hydrogen-bond donors (Lipinski definition) is 2. The molecule has 0 radical (unpaired) electrons. The lowest BCUT2D eigenvalue weighted by Gasteiger charge is -2.19. The maximum atomic E-state index is 11.9. The highest BCUT2D eigenvalue weighted by Gasteiger charge is 2.27. The number of carbonyl (C=O) groups excluding carboxylic acids is 3. The summed E-state index contributed by atoms with van der Waals surface area (Å²) in [6.45, 7) is 3.36. The van der Waals surface area contributed by atoms with Crippen LogP contribution in [0.3, 0.4) is 0 Å². The van der Waals surface area contributed by atoms with Crippen LogP contribution in [0.4, 0.5) is 4.79 Å². The number of carbonyl (C=O) groups is 3. The van der Waals surface area contributed by atoms with Crippen molar-refractivity contribution >= 4 is 41.1 Å². The molecule has 0 aromatic heterocycles. The zero-order valence-electron chi connectivity index (χ0n) is 12.1. The van der Waals surface area contributed by atoms with E-state index in [1.165, 1.54) is 0 Å². The van der Waals surface area contributed by atoms with Crippen molar-refractivity contribution in [3.8, 4) is 0 Å². The van der Waals surface area contributed by atoms with Gasteiger partial charge in [-0.1, -0.05) is 43.1 Å². The van der Waals surface area contributed by atoms with Crippen molar-refractivity contribution in [3.05, 3.63) is 33.8 Å². The number of primary amides is 1. The van der Waals surface area contributed by atoms with Crippen LogP contribution in [0.5, 0.6) is 0 Å². The molecule has 0 unspecified atom stereocenters.